The molecule has 0 fully saturated rings. The molecule has 0 aliphatic rings. The molecule has 0 unspecified atom stereocenters. The van der Waals surface area contributed by atoms with Gasteiger partial charge in [-0.1, -0.05) is 48.5 Å². The number of nitrogens with zero attached hydrogens (tertiary/aromatic N) is 4. The Kier molecular flexibility index (Phi) is 7.11. The van der Waals surface area contributed by atoms with Gasteiger partial charge in [-0.2, -0.15) is 10.5 Å². The van der Waals surface area contributed by atoms with Gasteiger partial charge in [0, 0.05) is 39.6 Å². The summed E-state index contributed by atoms with van der Waals surface area (Å²) in [7, 11) is 7.98. The highest BCUT2D eigenvalue weighted by Crippen LogP contribution is 2.24. The topological polar surface area (TPSA) is 54.1 Å². The van der Waals surface area contributed by atoms with Crippen LogP contribution < -0.4 is 9.80 Å². The van der Waals surface area contributed by atoms with E-state index in [2.05, 4.69) is 12.1 Å². The van der Waals surface area contributed by atoms with Crippen molar-refractivity contribution in [3.63, 3.8) is 0 Å². The van der Waals surface area contributed by atoms with Crippen LogP contribution in [0.5, 0.6) is 0 Å². The van der Waals surface area contributed by atoms with E-state index in [0.29, 0.717) is 11.1 Å². The normalized spacial score (nSPS) is 11.4. The van der Waals surface area contributed by atoms with Crippen LogP contribution in [0, 0.1) is 22.7 Å². The second-order valence-corrected chi connectivity index (χ2v) is 7.89. The first-order valence-electron chi connectivity index (χ1n) is 10.3. The summed E-state index contributed by atoms with van der Waals surface area (Å²) in [4.78, 5) is 4.07. The van der Waals surface area contributed by atoms with Crippen LogP contribution in [0.3, 0.4) is 0 Å². The van der Waals surface area contributed by atoms with Crippen molar-refractivity contribution >= 4 is 34.7 Å². The number of nitriles is 2. The van der Waals surface area contributed by atoms with Gasteiger partial charge in [-0.3, -0.25) is 0 Å². The minimum absolute atomic E-state index is 0.580. The zero-order valence-corrected chi connectivity index (χ0v) is 18.9. The van der Waals surface area contributed by atoms with Gasteiger partial charge in [0.05, 0.1) is 23.3 Å². The maximum Gasteiger partial charge on any atom is 0.0998 e. The highest BCUT2D eigenvalue weighted by Gasteiger charge is 2.06. The second-order valence-electron chi connectivity index (χ2n) is 7.89. The summed E-state index contributed by atoms with van der Waals surface area (Å²) in [5.74, 6) is 0. The van der Waals surface area contributed by atoms with E-state index in [1.54, 1.807) is 0 Å². The molecule has 0 aliphatic heterocycles. The molecule has 0 aromatic heterocycles. The summed E-state index contributed by atoms with van der Waals surface area (Å²) in [6.07, 6.45) is 3.75. The molecule has 4 nitrogen and oxygen atoms in total. The first-order chi connectivity index (χ1) is 15.4. The van der Waals surface area contributed by atoms with Gasteiger partial charge in [-0.05, 0) is 58.7 Å². The third kappa shape index (κ3) is 5.45. The summed E-state index contributed by atoms with van der Waals surface area (Å²) in [6, 6.07) is 28.2. The lowest BCUT2D eigenvalue weighted by Gasteiger charge is -2.12. The van der Waals surface area contributed by atoms with Gasteiger partial charge in [0.1, 0.15) is 0 Å². The Labute approximate surface area is 190 Å². The molecule has 0 heterocycles. The Bertz CT molecular complexity index is 1100. The third-order valence-electron chi connectivity index (χ3n) is 5.19. The van der Waals surface area contributed by atoms with Crippen LogP contribution in [-0.4, -0.2) is 28.2 Å². The fourth-order valence-electron chi connectivity index (χ4n) is 3.26. The molecule has 3 aromatic carbocycles. The van der Waals surface area contributed by atoms with Gasteiger partial charge < -0.3 is 9.80 Å². The molecule has 0 atom stereocenters. The van der Waals surface area contributed by atoms with Crippen LogP contribution >= 0.6 is 0 Å². The summed E-state index contributed by atoms with van der Waals surface area (Å²) >= 11 is 0. The van der Waals surface area contributed by atoms with Crippen molar-refractivity contribution in [2.45, 2.75) is 0 Å². The van der Waals surface area contributed by atoms with Gasteiger partial charge >= 0.3 is 0 Å². The Morgan fingerprint density at radius 2 is 0.875 bits per heavy atom. The number of rotatable bonds is 6. The third-order valence-corrected chi connectivity index (χ3v) is 5.19. The van der Waals surface area contributed by atoms with E-state index in [0.717, 1.165) is 33.6 Å². The van der Waals surface area contributed by atoms with Crippen molar-refractivity contribution in [2.75, 3.05) is 38.0 Å². The van der Waals surface area contributed by atoms with Crippen molar-refractivity contribution in [2.24, 2.45) is 0 Å². The summed E-state index contributed by atoms with van der Waals surface area (Å²) in [6.45, 7) is 0. The van der Waals surface area contributed by atoms with E-state index in [1.165, 1.54) is 0 Å². The quantitative estimate of drug-likeness (QED) is 0.367. The molecule has 0 bridgehead atoms. The molecule has 3 rings (SSSR count). The van der Waals surface area contributed by atoms with E-state index in [1.807, 2.05) is 123 Å². The summed E-state index contributed by atoms with van der Waals surface area (Å²) in [5, 5.41) is 19.3. The van der Waals surface area contributed by atoms with Gasteiger partial charge in [0.2, 0.25) is 0 Å². The van der Waals surface area contributed by atoms with Crippen molar-refractivity contribution in [3.8, 4) is 12.1 Å². The van der Waals surface area contributed by atoms with Crippen molar-refractivity contribution in [3.05, 3.63) is 95.1 Å². The fraction of sp³-hybridized carbons (Fsp3) is 0.143. The van der Waals surface area contributed by atoms with Gasteiger partial charge in [-0.25, -0.2) is 0 Å². The van der Waals surface area contributed by atoms with Gasteiger partial charge in [0.15, 0.2) is 0 Å². The predicted molar refractivity (Wildman–Crippen MR) is 135 cm³/mol. The van der Waals surface area contributed by atoms with Crippen molar-refractivity contribution in [1.29, 1.82) is 10.5 Å². The first-order valence-corrected chi connectivity index (χ1v) is 10.3. The van der Waals surface area contributed by atoms with E-state index in [9.17, 15) is 10.5 Å². The summed E-state index contributed by atoms with van der Waals surface area (Å²) in [5.41, 5.74) is 6.95. The second kappa shape index (κ2) is 10.2. The fourth-order valence-corrected chi connectivity index (χ4v) is 3.26. The largest absolute Gasteiger partial charge is 0.378 e. The molecule has 0 N–H and O–H groups in total. The maximum absolute atomic E-state index is 9.67. The van der Waals surface area contributed by atoms with E-state index < -0.39 is 0 Å². The average molecular weight is 419 g/mol. The Hall–Kier alpha value is -4.28. The number of hydrogen-bond acceptors (Lipinski definition) is 4. The minimum Gasteiger partial charge on any atom is -0.378 e. The molecule has 0 saturated carbocycles. The molecular formula is C28H26N4. The Morgan fingerprint density at radius 1 is 0.562 bits per heavy atom. The minimum atomic E-state index is 0.580. The molecule has 0 radical (unpaired) electrons. The van der Waals surface area contributed by atoms with Crippen LogP contribution in [0.2, 0.25) is 0 Å². The van der Waals surface area contributed by atoms with Crippen molar-refractivity contribution < 1.29 is 0 Å². The molecule has 0 amide bonds. The highest BCUT2D eigenvalue weighted by atomic mass is 15.1. The lowest BCUT2D eigenvalue weighted by molar-refractivity contribution is 1.13. The number of hydrogen-bond donors (Lipinski definition) is 0. The van der Waals surface area contributed by atoms with Crippen LogP contribution in [-0.2, 0) is 0 Å². The Balaban J connectivity index is 1.84. The van der Waals surface area contributed by atoms with Crippen molar-refractivity contribution in [1.82, 2.24) is 0 Å². The Morgan fingerprint density at radius 3 is 1.12 bits per heavy atom. The zero-order valence-electron chi connectivity index (χ0n) is 18.9. The maximum atomic E-state index is 9.67. The zero-order chi connectivity index (χ0) is 23.1. The van der Waals surface area contributed by atoms with Gasteiger partial charge in [-0.15, -0.1) is 0 Å². The molecule has 0 spiro atoms. The molecule has 32 heavy (non-hydrogen) atoms. The lowest BCUT2D eigenvalue weighted by Crippen LogP contribution is -2.07. The SMILES string of the molecule is CN(C)c1ccc(/C=C(\C#N)c2ccc(/C(C#N)=C/c3ccc(N(C)C)cc3)cc2)cc1. The molecule has 3 aromatic rings. The monoisotopic (exact) mass is 418 g/mol. The van der Waals surface area contributed by atoms with Crippen LogP contribution in [0.4, 0.5) is 11.4 Å². The molecule has 4 heteroatoms. The molecule has 0 aliphatic carbocycles. The van der Waals surface area contributed by atoms with E-state index in [4.69, 9.17) is 0 Å². The van der Waals surface area contributed by atoms with E-state index in [-0.39, 0.29) is 0 Å². The van der Waals surface area contributed by atoms with Gasteiger partial charge in [0.25, 0.3) is 0 Å². The standard InChI is InChI=1S/C28H26N4/c1-31(2)27-13-5-21(6-14-27)17-25(19-29)23-9-11-24(12-10-23)26(20-30)18-22-7-15-28(16-8-22)32(3)4/h5-18H,1-4H3/b25-17+,26-18+. The predicted octanol–water partition coefficient (Wildman–Crippen LogP) is 5.95. The molecule has 0 saturated heterocycles. The number of anilines is 2. The van der Waals surface area contributed by atoms with Crippen LogP contribution in [0.15, 0.2) is 72.8 Å². The molecule has 158 valence electrons. The smallest absolute Gasteiger partial charge is 0.0998 e. The summed E-state index contributed by atoms with van der Waals surface area (Å²) < 4.78 is 0. The average Bonchev–Trinajstić information content (AvgIpc) is 2.81. The highest BCUT2D eigenvalue weighted by molar-refractivity contribution is 5.92. The van der Waals surface area contributed by atoms with Crippen LogP contribution in [0.25, 0.3) is 23.3 Å². The first kappa shape index (κ1) is 22.4. The lowest BCUT2D eigenvalue weighted by atomic mass is 9.98. The number of allylic oxidation sites excluding steroid dienone is 2. The number of benzene rings is 3. The van der Waals surface area contributed by atoms with Crippen LogP contribution in [0.1, 0.15) is 22.3 Å². The molecular weight excluding hydrogens is 392 g/mol. The van der Waals surface area contributed by atoms with E-state index >= 15 is 0 Å².